The number of aryl methyl sites for hydroxylation is 2. The number of hydrogen-bond acceptors (Lipinski definition) is 4. The van der Waals surface area contributed by atoms with Crippen molar-refractivity contribution in [3.05, 3.63) is 35.4 Å². The smallest absolute Gasteiger partial charge is 0.0584 e. The Morgan fingerprint density at radius 1 is 0.750 bits per heavy atom. The van der Waals surface area contributed by atoms with Crippen LogP contribution in [0.2, 0.25) is 0 Å². The van der Waals surface area contributed by atoms with E-state index >= 15 is 0 Å². The van der Waals surface area contributed by atoms with Crippen LogP contribution in [-0.2, 0) is 12.8 Å². The average molecular weight is 304 g/mol. The van der Waals surface area contributed by atoms with E-state index in [4.69, 9.17) is 0 Å². The van der Waals surface area contributed by atoms with Gasteiger partial charge in [0, 0.05) is 13.1 Å². The van der Waals surface area contributed by atoms with Crippen LogP contribution in [0, 0.1) is 0 Å². The Balaban J connectivity index is 2.38. The Labute approximate surface area is 132 Å². The number of unbranched alkanes of at least 4 members (excludes halogenated alkanes) is 2. The maximum atomic E-state index is 4.56. The molecule has 4 heteroatoms. The van der Waals surface area contributed by atoms with Gasteiger partial charge in [-0.15, -0.1) is 0 Å². The monoisotopic (exact) mass is 304 g/mol. The second kappa shape index (κ2) is 11.6. The van der Waals surface area contributed by atoms with Crippen LogP contribution in [0.15, 0.2) is 34.3 Å². The van der Waals surface area contributed by atoms with Gasteiger partial charge in [0.1, 0.15) is 0 Å². The summed E-state index contributed by atoms with van der Waals surface area (Å²) in [6, 6.07) is 8.69. The fourth-order valence-electron chi connectivity index (χ4n) is 2.15. The van der Waals surface area contributed by atoms with Crippen molar-refractivity contribution in [3.8, 4) is 0 Å². The molecule has 0 heterocycles. The van der Waals surface area contributed by atoms with Crippen molar-refractivity contribution in [2.45, 2.75) is 38.5 Å². The van der Waals surface area contributed by atoms with Crippen molar-refractivity contribution in [1.82, 2.24) is 0 Å². The summed E-state index contributed by atoms with van der Waals surface area (Å²) in [4.78, 5) is 7.89. The first-order chi connectivity index (χ1) is 9.88. The largest absolute Gasteiger partial charge is 0.233 e. The van der Waals surface area contributed by atoms with Crippen LogP contribution in [-0.4, -0.2) is 23.4 Å². The van der Waals surface area contributed by atoms with Crippen LogP contribution in [0.5, 0.6) is 0 Å². The van der Waals surface area contributed by atoms with Gasteiger partial charge in [-0.3, -0.25) is 0 Å². The lowest BCUT2D eigenvalue weighted by molar-refractivity contribution is 0.720. The lowest BCUT2D eigenvalue weighted by atomic mass is 9.98. The van der Waals surface area contributed by atoms with Crippen LogP contribution < -0.4 is 0 Å². The summed E-state index contributed by atoms with van der Waals surface area (Å²) >= 11 is 9.12. The predicted octanol–water partition coefficient (Wildman–Crippen LogP) is 4.54. The van der Waals surface area contributed by atoms with Crippen LogP contribution in [0.25, 0.3) is 0 Å². The van der Waals surface area contributed by atoms with Gasteiger partial charge in [0.05, 0.1) is 10.3 Å². The van der Waals surface area contributed by atoms with Gasteiger partial charge >= 0.3 is 0 Å². The summed E-state index contributed by atoms with van der Waals surface area (Å²) in [7, 11) is 0. The number of rotatable bonds is 10. The zero-order valence-electron chi connectivity index (χ0n) is 11.7. The van der Waals surface area contributed by atoms with E-state index in [0.29, 0.717) is 0 Å². The van der Waals surface area contributed by atoms with E-state index in [1.165, 1.54) is 11.1 Å². The fourth-order valence-corrected chi connectivity index (χ4v) is 2.33. The Morgan fingerprint density at radius 3 is 1.60 bits per heavy atom. The third-order valence-corrected chi connectivity index (χ3v) is 3.44. The Bertz CT molecular complexity index is 442. The zero-order valence-corrected chi connectivity index (χ0v) is 13.3. The molecule has 0 aliphatic rings. The highest BCUT2D eigenvalue weighted by Gasteiger charge is 2.01. The van der Waals surface area contributed by atoms with E-state index in [2.05, 4.69) is 69.0 Å². The van der Waals surface area contributed by atoms with E-state index in [1.807, 2.05) is 0 Å². The quantitative estimate of drug-likeness (QED) is 0.360. The summed E-state index contributed by atoms with van der Waals surface area (Å²) in [5.74, 6) is 0. The van der Waals surface area contributed by atoms with Crippen LogP contribution in [0.1, 0.15) is 36.8 Å². The summed E-state index contributed by atoms with van der Waals surface area (Å²) in [6.45, 7) is 1.59. The number of thiocarbonyl (C=S) groups is 2. The van der Waals surface area contributed by atoms with Gasteiger partial charge in [0.2, 0.25) is 0 Å². The number of aliphatic imine (C=N–C) groups is 2. The van der Waals surface area contributed by atoms with E-state index in [9.17, 15) is 0 Å². The third-order valence-electron chi connectivity index (χ3n) is 3.18. The van der Waals surface area contributed by atoms with E-state index in [-0.39, 0.29) is 0 Å². The topological polar surface area (TPSA) is 24.7 Å². The molecule has 0 aromatic heterocycles. The molecule has 0 unspecified atom stereocenters. The maximum Gasteiger partial charge on any atom is 0.0584 e. The molecule has 20 heavy (non-hydrogen) atoms. The van der Waals surface area contributed by atoms with Gasteiger partial charge in [-0.25, -0.2) is 9.98 Å². The lowest BCUT2D eigenvalue weighted by Crippen LogP contribution is -1.96. The summed E-state index contributed by atoms with van der Waals surface area (Å²) in [5.41, 5.74) is 2.91. The average Bonchev–Trinajstić information content (AvgIpc) is 2.48. The zero-order chi connectivity index (χ0) is 14.5. The molecule has 0 amide bonds. The molecule has 1 rings (SSSR count). The Morgan fingerprint density at radius 2 is 1.20 bits per heavy atom. The molecule has 1 aromatic rings. The van der Waals surface area contributed by atoms with Gasteiger partial charge in [-0.1, -0.05) is 24.3 Å². The SMILES string of the molecule is S=C=NCCCCc1ccccc1CCCCN=C=S. The first-order valence-corrected chi connectivity index (χ1v) is 7.84. The first kappa shape index (κ1) is 16.9. The van der Waals surface area contributed by atoms with Crippen LogP contribution >= 0.6 is 24.4 Å². The molecular weight excluding hydrogens is 284 g/mol. The maximum absolute atomic E-state index is 4.56. The van der Waals surface area contributed by atoms with Crippen molar-refractivity contribution in [2.24, 2.45) is 9.98 Å². The van der Waals surface area contributed by atoms with Crippen molar-refractivity contribution in [1.29, 1.82) is 0 Å². The van der Waals surface area contributed by atoms with E-state index in [1.54, 1.807) is 0 Å². The molecular formula is C16H20N2S2. The third kappa shape index (κ3) is 7.42. The highest BCUT2D eigenvalue weighted by atomic mass is 32.1. The molecule has 0 N–H and O–H groups in total. The highest BCUT2D eigenvalue weighted by molar-refractivity contribution is 7.78. The summed E-state index contributed by atoms with van der Waals surface area (Å²) in [6.07, 6.45) is 6.66. The van der Waals surface area contributed by atoms with Crippen molar-refractivity contribution >= 4 is 34.8 Å². The number of isothiocyanates is 2. The van der Waals surface area contributed by atoms with Crippen LogP contribution in [0.4, 0.5) is 0 Å². The standard InChI is InChI=1S/C16H20N2S2/c19-13-17-11-5-3-9-15-7-1-2-8-16(15)10-4-6-12-18-14-20/h1-2,7-8H,3-6,9-12H2. The fraction of sp³-hybridized carbons (Fsp3) is 0.500. The van der Waals surface area contributed by atoms with Gasteiger partial charge < -0.3 is 0 Å². The molecule has 0 bridgehead atoms. The second-order valence-corrected chi connectivity index (χ2v) is 4.99. The lowest BCUT2D eigenvalue weighted by Gasteiger charge is -2.08. The molecule has 2 nitrogen and oxygen atoms in total. The molecule has 1 aromatic carbocycles. The van der Waals surface area contributed by atoms with Crippen molar-refractivity contribution in [3.63, 3.8) is 0 Å². The molecule has 0 spiro atoms. The summed E-state index contributed by atoms with van der Waals surface area (Å²) < 4.78 is 0. The Hall–Kier alpha value is -1.18. The molecule has 0 fully saturated rings. The minimum absolute atomic E-state index is 0.793. The molecule has 0 saturated carbocycles. The number of hydrogen-bond donors (Lipinski definition) is 0. The first-order valence-electron chi connectivity index (χ1n) is 7.02. The van der Waals surface area contributed by atoms with Gasteiger partial charge in [0.15, 0.2) is 0 Å². The number of nitrogens with zero attached hydrogens (tertiary/aromatic N) is 2. The van der Waals surface area contributed by atoms with Gasteiger partial charge in [-0.05, 0) is 74.1 Å². The molecule has 106 valence electrons. The van der Waals surface area contributed by atoms with Crippen molar-refractivity contribution < 1.29 is 0 Å². The molecule has 0 aliphatic heterocycles. The van der Waals surface area contributed by atoms with Gasteiger partial charge in [-0.2, -0.15) is 0 Å². The van der Waals surface area contributed by atoms with Crippen molar-refractivity contribution in [2.75, 3.05) is 13.1 Å². The molecule has 0 atom stereocenters. The highest BCUT2D eigenvalue weighted by Crippen LogP contribution is 2.15. The van der Waals surface area contributed by atoms with E-state index < -0.39 is 0 Å². The second-order valence-electron chi connectivity index (χ2n) is 4.63. The number of benzene rings is 1. The predicted molar refractivity (Wildman–Crippen MR) is 92.1 cm³/mol. The Kier molecular flexibility index (Phi) is 9.81. The normalized spacial score (nSPS) is 9.60. The summed E-state index contributed by atoms with van der Waals surface area (Å²) in [5, 5.41) is 4.82. The van der Waals surface area contributed by atoms with Crippen LogP contribution in [0.3, 0.4) is 0 Å². The molecule has 0 saturated heterocycles. The minimum Gasteiger partial charge on any atom is -0.233 e. The molecule has 0 radical (unpaired) electrons. The van der Waals surface area contributed by atoms with Gasteiger partial charge in [0.25, 0.3) is 0 Å². The minimum atomic E-state index is 0.793. The van der Waals surface area contributed by atoms with E-state index in [0.717, 1.165) is 51.6 Å². The molecule has 0 aliphatic carbocycles.